The smallest absolute Gasteiger partial charge is 0.154 e. The average molecular weight is 130 g/mol. The maximum atomic E-state index is 10.2. The summed E-state index contributed by atoms with van der Waals surface area (Å²) in [4.78, 5) is 10.2. The fourth-order valence-electron chi connectivity index (χ4n) is 0.356. The van der Waals surface area contributed by atoms with Crippen molar-refractivity contribution in [3.63, 3.8) is 0 Å². The topological polar surface area (TPSA) is 57.5 Å². The van der Waals surface area contributed by atoms with Crippen molar-refractivity contribution in [1.29, 1.82) is 0 Å². The molecule has 0 rings (SSSR count). The minimum atomic E-state index is -1.35. The minimum absolute atomic E-state index is 0.0874. The molecule has 0 saturated carbocycles. The molecule has 0 aliphatic rings. The summed E-state index contributed by atoms with van der Waals surface area (Å²) in [6.45, 7) is 1.40. The summed E-state index contributed by atoms with van der Waals surface area (Å²) in [5.41, 5.74) is 0. The molecule has 0 heterocycles. The minimum Gasteiger partial charge on any atom is -0.368 e. The van der Waals surface area contributed by atoms with Gasteiger partial charge in [0.2, 0.25) is 0 Å². The maximum absolute atomic E-state index is 10.2. The number of hydrogen-bond donors (Lipinski definition) is 2. The molecule has 9 heavy (non-hydrogen) atoms. The fraction of sp³-hybridized carbons (Fsp3) is 0.500. The molecule has 52 valence electrons. The van der Waals surface area contributed by atoms with Gasteiger partial charge in [0.05, 0.1) is 0 Å². The Hall–Kier alpha value is -0.670. The van der Waals surface area contributed by atoms with E-state index in [1.165, 1.54) is 19.1 Å². The first-order valence-corrected chi connectivity index (χ1v) is 2.66. The van der Waals surface area contributed by atoms with Gasteiger partial charge in [0, 0.05) is 6.42 Å². The zero-order chi connectivity index (χ0) is 7.28. The average Bonchev–Trinajstić information content (AvgIpc) is 1.63. The number of aliphatic hydroxyl groups is 2. The van der Waals surface area contributed by atoms with Crippen LogP contribution >= 0.6 is 0 Å². The van der Waals surface area contributed by atoms with Gasteiger partial charge >= 0.3 is 0 Å². The first-order valence-electron chi connectivity index (χ1n) is 2.66. The lowest BCUT2D eigenvalue weighted by Gasteiger charge is -1.93. The Balaban J connectivity index is 3.36. The lowest BCUT2D eigenvalue weighted by molar-refractivity contribution is -0.112. The highest BCUT2D eigenvalue weighted by molar-refractivity contribution is 5.87. The number of allylic oxidation sites excluding steroid dienone is 1. The number of hydrogen-bond acceptors (Lipinski definition) is 3. The molecule has 0 aromatic carbocycles. The molecule has 0 amide bonds. The van der Waals surface area contributed by atoms with Crippen LogP contribution in [0, 0.1) is 0 Å². The van der Waals surface area contributed by atoms with Gasteiger partial charge in [-0.15, -0.1) is 0 Å². The van der Waals surface area contributed by atoms with Crippen molar-refractivity contribution >= 4 is 5.78 Å². The quantitative estimate of drug-likeness (QED) is 0.412. The Kier molecular flexibility index (Phi) is 3.92. The first-order chi connectivity index (χ1) is 4.13. The van der Waals surface area contributed by atoms with Crippen LogP contribution in [0.3, 0.4) is 0 Å². The standard InChI is InChI=1S/C6H10O3/c1-5(7)3-2-4-6(8)9/h2-3,6,8-9H,4H2,1H3. The van der Waals surface area contributed by atoms with Crippen LogP contribution in [-0.2, 0) is 4.79 Å². The summed E-state index contributed by atoms with van der Waals surface area (Å²) >= 11 is 0. The van der Waals surface area contributed by atoms with Gasteiger partial charge in [0.25, 0.3) is 0 Å². The van der Waals surface area contributed by atoms with E-state index in [2.05, 4.69) is 0 Å². The molecular weight excluding hydrogens is 120 g/mol. The highest BCUT2D eigenvalue weighted by atomic mass is 16.5. The van der Waals surface area contributed by atoms with E-state index in [0.29, 0.717) is 0 Å². The highest BCUT2D eigenvalue weighted by Crippen LogP contribution is 1.87. The third-order valence-electron chi connectivity index (χ3n) is 0.699. The molecule has 0 fully saturated rings. The van der Waals surface area contributed by atoms with Crippen molar-refractivity contribution in [2.24, 2.45) is 0 Å². The van der Waals surface area contributed by atoms with Gasteiger partial charge in [-0.05, 0) is 13.0 Å². The SMILES string of the molecule is CC(=O)C=CCC(O)O. The summed E-state index contributed by atoms with van der Waals surface area (Å²) in [6, 6.07) is 0. The summed E-state index contributed by atoms with van der Waals surface area (Å²) in [6.07, 6.45) is 1.49. The van der Waals surface area contributed by atoms with Crippen LogP contribution in [0.1, 0.15) is 13.3 Å². The zero-order valence-electron chi connectivity index (χ0n) is 5.24. The van der Waals surface area contributed by atoms with Crippen LogP contribution in [0.15, 0.2) is 12.2 Å². The number of rotatable bonds is 3. The molecule has 0 unspecified atom stereocenters. The van der Waals surface area contributed by atoms with E-state index in [-0.39, 0.29) is 12.2 Å². The molecule has 0 saturated heterocycles. The summed E-state index contributed by atoms with van der Waals surface area (Å²) in [5, 5.41) is 16.5. The van der Waals surface area contributed by atoms with Crippen molar-refractivity contribution in [2.45, 2.75) is 19.6 Å². The van der Waals surface area contributed by atoms with E-state index >= 15 is 0 Å². The van der Waals surface area contributed by atoms with E-state index in [0.717, 1.165) is 0 Å². The molecule has 0 spiro atoms. The summed E-state index contributed by atoms with van der Waals surface area (Å²) < 4.78 is 0. The van der Waals surface area contributed by atoms with Gasteiger partial charge < -0.3 is 10.2 Å². The van der Waals surface area contributed by atoms with Crippen LogP contribution in [0.25, 0.3) is 0 Å². The van der Waals surface area contributed by atoms with Crippen molar-refractivity contribution in [3.05, 3.63) is 12.2 Å². The molecule has 0 atom stereocenters. The summed E-state index contributed by atoms with van der Waals surface area (Å²) in [7, 11) is 0. The second-order valence-corrected chi connectivity index (χ2v) is 1.73. The van der Waals surface area contributed by atoms with E-state index in [1.54, 1.807) is 0 Å². The molecule has 2 N–H and O–H groups in total. The van der Waals surface area contributed by atoms with E-state index in [9.17, 15) is 4.79 Å². The molecular formula is C6H10O3. The Labute approximate surface area is 53.6 Å². The van der Waals surface area contributed by atoms with Crippen LogP contribution in [-0.4, -0.2) is 22.3 Å². The van der Waals surface area contributed by atoms with Crippen LogP contribution in [0.4, 0.5) is 0 Å². The van der Waals surface area contributed by atoms with Gasteiger partial charge in [0.1, 0.15) is 0 Å². The van der Waals surface area contributed by atoms with Gasteiger partial charge in [-0.1, -0.05) is 6.08 Å². The van der Waals surface area contributed by atoms with Gasteiger partial charge in [0.15, 0.2) is 12.1 Å². The Morgan fingerprint density at radius 3 is 2.56 bits per heavy atom. The van der Waals surface area contributed by atoms with Crippen molar-refractivity contribution < 1.29 is 15.0 Å². The Morgan fingerprint density at radius 2 is 2.22 bits per heavy atom. The molecule has 0 aromatic rings. The van der Waals surface area contributed by atoms with Crippen LogP contribution in [0.2, 0.25) is 0 Å². The number of carbonyl (C=O) groups excluding carboxylic acids is 1. The number of ketones is 1. The number of aliphatic hydroxyl groups excluding tert-OH is 1. The lowest BCUT2D eigenvalue weighted by Crippen LogP contribution is -2.01. The first kappa shape index (κ1) is 8.33. The van der Waals surface area contributed by atoms with Crippen molar-refractivity contribution in [3.8, 4) is 0 Å². The predicted octanol–water partition coefficient (Wildman–Crippen LogP) is -0.168. The molecule has 0 radical (unpaired) electrons. The third kappa shape index (κ3) is 7.33. The van der Waals surface area contributed by atoms with E-state index in [4.69, 9.17) is 10.2 Å². The van der Waals surface area contributed by atoms with E-state index < -0.39 is 6.29 Å². The highest BCUT2D eigenvalue weighted by Gasteiger charge is 1.90. The molecule has 0 aromatic heterocycles. The maximum Gasteiger partial charge on any atom is 0.154 e. The molecule has 0 bridgehead atoms. The van der Waals surface area contributed by atoms with Crippen molar-refractivity contribution in [2.75, 3.05) is 0 Å². The lowest BCUT2D eigenvalue weighted by atomic mass is 10.3. The molecule has 3 heteroatoms. The van der Waals surface area contributed by atoms with Crippen LogP contribution < -0.4 is 0 Å². The molecule has 0 aliphatic heterocycles. The number of carbonyl (C=O) groups is 1. The van der Waals surface area contributed by atoms with Gasteiger partial charge in [-0.3, -0.25) is 4.79 Å². The predicted molar refractivity (Wildman–Crippen MR) is 32.7 cm³/mol. The Bertz CT molecular complexity index is 115. The zero-order valence-corrected chi connectivity index (χ0v) is 5.24. The van der Waals surface area contributed by atoms with Gasteiger partial charge in [-0.2, -0.15) is 0 Å². The largest absolute Gasteiger partial charge is 0.368 e. The summed E-state index contributed by atoms with van der Waals surface area (Å²) in [5.74, 6) is -0.0874. The second kappa shape index (κ2) is 4.23. The normalized spacial score (nSPS) is 11.1. The van der Waals surface area contributed by atoms with Crippen LogP contribution in [0.5, 0.6) is 0 Å². The Morgan fingerprint density at radius 1 is 1.67 bits per heavy atom. The van der Waals surface area contributed by atoms with Crippen molar-refractivity contribution in [1.82, 2.24) is 0 Å². The second-order valence-electron chi connectivity index (χ2n) is 1.73. The molecule has 0 aliphatic carbocycles. The monoisotopic (exact) mass is 130 g/mol. The fourth-order valence-corrected chi connectivity index (χ4v) is 0.356. The van der Waals surface area contributed by atoms with E-state index in [1.807, 2.05) is 0 Å². The molecule has 3 nitrogen and oxygen atoms in total. The van der Waals surface area contributed by atoms with Gasteiger partial charge in [-0.25, -0.2) is 0 Å². The third-order valence-corrected chi connectivity index (χ3v) is 0.699.